The van der Waals surface area contributed by atoms with Gasteiger partial charge in [0.05, 0.1) is 52.9 Å². The van der Waals surface area contributed by atoms with E-state index in [0.29, 0.717) is 51.4 Å². The maximum Gasteiger partial charge on any atom is 0.485 e. The Bertz CT molecular complexity index is 2470. The van der Waals surface area contributed by atoms with E-state index in [1.165, 1.54) is 0 Å². The van der Waals surface area contributed by atoms with Crippen LogP contribution in [0.2, 0.25) is 0 Å². The van der Waals surface area contributed by atoms with Gasteiger partial charge in [-0.2, -0.15) is 45.2 Å². The van der Waals surface area contributed by atoms with Crippen LogP contribution in [0.25, 0.3) is 4.86 Å². The van der Waals surface area contributed by atoms with E-state index in [2.05, 4.69) is 54.5 Å². The molecule has 0 saturated heterocycles. The minimum atomic E-state index is -3.19. The van der Waals surface area contributed by atoms with Gasteiger partial charge < -0.3 is 36.5 Å². The number of fused-ring (bicyclic) bond motifs is 4. The van der Waals surface area contributed by atoms with Crippen LogP contribution in [0.4, 0.5) is 0 Å². The van der Waals surface area contributed by atoms with Gasteiger partial charge in [-0.1, -0.05) is 94.1 Å². The van der Waals surface area contributed by atoms with Crippen LogP contribution in [-0.2, 0) is 36.2 Å². The van der Waals surface area contributed by atoms with E-state index in [9.17, 15) is 0 Å². The summed E-state index contributed by atoms with van der Waals surface area (Å²) in [4.78, 5) is 4.16. The maximum absolute atomic E-state index is 6.55. The van der Waals surface area contributed by atoms with E-state index < -0.39 is 78.3 Å². The second-order valence-electron chi connectivity index (χ2n) is 15.0. The monoisotopic (exact) mass is 1560 g/mol. The van der Waals surface area contributed by atoms with Gasteiger partial charge in [-0.05, 0) is 186 Å². The fourth-order valence-corrected chi connectivity index (χ4v) is 65.3. The molecule has 1 unspecified atom stereocenters. The average molecular weight is 1570 g/mol. The highest BCUT2D eigenvalue weighted by atomic mass is 35.9. The maximum atomic E-state index is 6.55. The van der Waals surface area contributed by atoms with Crippen molar-refractivity contribution in [3.63, 3.8) is 0 Å². The molecule has 0 aromatic heterocycles. The lowest BCUT2D eigenvalue weighted by molar-refractivity contribution is 0.311. The van der Waals surface area contributed by atoms with Crippen LogP contribution in [0, 0.1) is 0 Å². The summed E-state index contributed by atoms with van der Waals surface area (Å²) >= 11 is 102. The molecule has 0 amide bonds. The van der Waals surface area contributed by atoms with Crippen molar-refractivity contribution >= 4 is 258 Å². The van der Waals surface area contributed by atoms with Crippen LogP contribution in [0.3, 0.4) is 0 Å². The quantitative estimate of drug-likeness (QED) is 0.212. The van der Waals surface area contributed by atoms with E-state index >= 15 is 0 Å². The Labute approximate surface area is 498 Å². The molecule has 0 aromatic rings. The Morgan fingerprint density at radius 2 is 0.542 bits per heavy atom. The second kappa shape index (κ2) is 30.7. The first kappa shape index (κ1) is 70.0. The van der Waals surface area contributed by atoms with Crippen molar-refractivity contribution in [2.45, 2.75) is 103 Å². The number of hydrogen-bond donors (Lipinski definition) is 0. The lowest BCUT2D eigenvalue weighted by Gasteiger charge is -2.36. The van der Waals surface area contributed by atoms with Crippen molar-refractivity contribution in [1.82, 2.24) is 0 Å². The smallest absolute Gasteiger partial charge is 0.485 e. The standard InChI is InChI=1S/2C12H24Cl8N6O4P6/c2*13-31(14)21-33(17)25-35(19,23-31)29-11-7-3-4-8-12-30-36(20)24-32(15,16)22-34(18,26-36)28-10-6-2-1-5-9-27-33/h2*1-12H2/t33-,34-,35+,36?;33-,34-,35+,36+/m1./s1. The molecule has 0 fully saturated rings. The normalized spacial score (nSPS) is 40.8. The van der Waals surface area contributed by atoms with Crippen LogP contribution < -0.4 is 0 Å². The molecule has 6 heterocycles. The van der Waals surface area contributed by atoms with Crippen LogP contribution in [-0.4, -0.2) is 52.9 Å². The molecule has 48 heteroatoms. The van der Waals surface area contributed by atoms with Crippen molar-refractivity contribution in [2.75, 3.05) is 52.9 Å². The largest absolute Gasteiger partial charge is 0.512 e. The molecule has 0 spiro atoms. The molecule has 6 aliphatic heterocycles. The number of hydrogen-bond acceptors (Lipinski definition) is 19. The van der Waals surface area contributed by atoms with Crippen LogP contribution in [0.5, 0.6) is 0 Å². The van der Waals surface area contributed by atoms with E-state index in [1.807, 2.05) is 0 Å². The highest BCUT2D eigenvalue weighted by molar-refractivity contribution is 8.24. The molecule has 6 rings (SSSR count). The van der Waals surface area contributed by atoms with Gasteiger partial charge in [0, 0.05) is 0 Å². The summed E-state index contributed by atoms with van der Waals surface area (Å²) in [6, 6.07) is 0. The molecule has 0 aliphatic carbocycles. The van der Waals surface area contributed by atoms with Gasteiger partial charge in [0.1, 0.15) is 12.7 Å². The molecule has 72 heavy (non-hydrogen) atoms. The predicted molar refractivity (Wildman–Crippen MR) is 328 cm³/mol. The highest BCUT2D eigenvalue weighted by Gasteiger charge is 2.47. The van der Waals surface area contributed by atoms with Gasteiger partial charge in [-0.25, -0.2) is 0 Å². The first-order valence-electron chi connectivity index (χ1n) is 21.3. The van der Waals surface area contributed by atoms with E-state index in [0.717, 1.165) is 51.4 Å². The van der Waals surface area contributed by atoms with Crippen molar-refractivity contribution < 1.29 is 36.2 Å². The SMILES string of the molecule is ClP1(Cl)=N[P@@]2(Cl)=N[P@@](Cl)(=N1)OCCCCCCO[P@@]1(Cl)=N[P@](Cl)(=NP(Cl)(Cl)=N1)OCCCCCCO2.ClP1(Cl)=N[P@]2(Cl)=N[P@](Cl)(=N1)OCCCCCCO[P+]1(Cl)N=P(Cl)(Cl)[N-][P@](Cl)(=N1)OCCCCCCO2. The Kier molecular flexibility index (Phi) is 29.9. The molecular weight excluding hydrogens is 1520 g/mol. The topological polar surface area (TPSA) is 224 Å². The third-order valence-electron chi connectivity index (χ3n) is 8.83. The van der Waals surface area contributed by atoms with E-state index in [-0.39, 0.29) is 52.9 Å². The van der Waals surface area contributed by atoms with E-state index in [4.69, 9.17) is 216 Å². The zero-order chi connectivity index (χ0) is 53.1. The highest BCUT2D eigenvalue weighted by Crippen LogP contribution is 2.94. The summed E-state index contributed by atoms with van der Waals surface area (Å²) in [6.45, 7) is -20.0. The Morgan fingerprint density at radius 1 is 0.292 bits per heavy atom. The van der Waals surface area contributed by atoms with Crippen LogP contribution >= 0.6 is 258 Å². The molecule has 0 N–H and O–H groups in total. The number of halogens is 16. The van der Waals surface area contributed by atoms with Crippen LogP contribution in [0.15, 0.2) is 49.7 Å². The third kappa shape index (κ3) is 26.1. The lowest BCUT2D eigenvalue weighted by atomic mass is 10.2. The Balaban J connectivity index is 0.000000267. The van der Waals surface area contributed by atoms with Crippen molar-refractivity contribution in [3.8, 4) is 0 Å². The van der Waals surface area contributed by atoms with Gasteiger partial charge in [0.2, 0.25) is 0 Å². The molecule has 8 atom stereocenters. The lowest BCUT2D eigenvalue weighted by Crippen LogP contribution is -1.97. The predicted octanol–water partition coefficient (Wildman–Crippen LogP) is 29.7. The first-order chi connectivity index (χ1) is 33.3. The fraction of sp³-hybridized carbons (Fsp3) is 1.00. The molecule has 20 nitrogen and oxygen atoms in total. The summed E-state index contributed by atoms with van der Waals surface area (Å²) in [6.07, 6.45) is 11.9. The number of rotatable bonds is 0. The van der Waals surface area contributed by atoms with Gasteiger partial charge in [-0.3, -0.25) is 0 Å². The summed E-state index contributed by atoms with van der Waals surface area (Å²) < 4.78 is 92.8. The summed E-state index contributed by atoms with van der Waals surface area (Å²) in [5, 5.41) is 0. The molecule has 424 valence electrons. The average Bonchev–Trinajstić information content (AvgIpc) is 3.17. The van der Waals surface area contributed by atoms with Gasteiger partial charge in [0.15, 0.2) is 11.2 Å². The third-order valence-corrected chi connectivity index (χ3v) is 55.7. The second-order valence-corrected chi connectivity index (χ2v) is 60.8. The zero-order valence-electron chi connectivity index (χ0n) is 37.0. The van der Waals surface area contributed by atoms with Gasteiger partial charge >= 0.3 is 7.14 Å². The molecule has 6 aliphatic rings. The molecule has 0 radical (unpaired) electrons. The number of nitrogens with zero attached hydrogens (tertiary/aromatic N) is 12. The van der Waals surface area contributed by atoms with Crippen molar-refractivity contribution in [1.29, 1.82) is 0 Å². The van der Waals surface area contributed by atoms with Crippen molar-refractivity contribution in [2.24, 2.45) is 49.7 Å². The van der Waals surface area contributed by atoms with Gasteiger partial charge in [-0.15, -0.1) is 0 Å². The first-order valence-corrected chi connectivity index (χ1v) is 55.4. The molecule has 8 bridgehead atoms. The van der Waals surface area contributed by atoms with Crippen LogP contribution in [0.1, 0.15) is 103 Å². The zero-order valence-corrected chi connectivity index (χ0v) is 59.8. The molecule has 0 aromatic carbocycles. The molecule has 0 saturated carbocycles. The summed E-state index contributed by atoms with van der Waals surface area (Å²) in [5.74, 6) is -12.6. The summed E-state index contributed by atoms with van der Waals surface area (Å²) in [5.41, 5.74) is 0. The van der Waals surface area contributed by atoms with Gasteiger partial charge in [0.25, 0.3) is 58.4 Å². The van der Waals surface area contributed by atoms with E-state index in [1.54, 1.807) is 0 Å². The Morgan fingerprint density at radius 3 is 0.833 bits per heavy atom. The Hall–Kier alpha value is 7.24. The minimum absolute atomic E-state index is 0.288. The minimum Gasteiger partial charge on any atom is -0.512 e. The fourth-order valence-electron chi connectivity index (χ4n) is 5.91. The summed E-state index contributed by atoms with van der Waals surface area (Å²) in [7, 11) is -3.19. The molecular formula is C24H48Cl16N12O8P12. The van der Waals surface area contributed by atoms with Crippen molar-refractivity contribution in [3.05, 3.63) is 4.86 Å².